The van der Waals surface area contributed by atoms with Crippen LogP contribution in [0.1, 0.15) is 13.3 Å². The zero-order valence-electron chi connectivity index (χ0n) is 9.93. The van der Waals surface area contributed by atoms with E-state index in [1.54, 1.807) is 0 Å². The summed E-state index contributed by atoms with van der Waals surface area (Å²) < 4.78 is 7.92. The Balaban J connectivity index is 1.86. The molecule has 1 atom stereocenters. The number of carbonyl (C=O) groups is 2. The number of benzene rings is 1. The average molecular weight is 266 g/mol. The average Bonchev–Trinajstić information content (AvgIpc) is 2.73. The molecule has 0 spiro atoms. The topological polar surface area (TPSA) is 67.4 Å². The lowest BCUT2D eigenvalue weighted by Crippen LogP contribution is -2.27. The van der Waals surface area contributed by atoms with E-state index in [1.807, 2.05) is 24.3 Å². The van der Waals surface area contributed by atoms with Crippen LogP contribution in [-0.2, 0) is 14.3 Å². The molecular weight excluding hydrogens is 252 g/mol. The SMILES string of the molecule is CC(=O)Nc1ccc(SNC2CCOC2=O)cc1. The maximum absolute atomic E-state index is 11.2. The quantitative estimate of drug-likeness (QED) is 0.639. The van der Waals surface area contributed by atoms with Gasteiger partial charge in [0.25, 0.3) is 0 Å². The zero-order valence-corrected chi connectivity index (χ0v) is 10.8. The van der Waals surface area contributed by atoms with Gasteiger partial charge in [-0.2, -0.15) is 0 Å². The summed E-state index contributed by atoms with van der Waals surface area (Å²) in [6, 6.07) is 7.16. The van der Waals surface area contributed by atoms with Crippen molar-refractivity contribution in [2.75, 3.05) is 11.9 Å². The van der Waals surface area contributed by atoms with Crippen LogP contribution in [0.3, 0.4) is 0 Å². The van der Waals surface area contributed by atoms with E-state index in [-0.39, 0.29) is 17.9 Å². The third kappa shape index (κ3) is 3.48. The second kappa shape index (κ2) is 5.88. The van der Waals surface area contributed by atoms with Gasteiger partial charge in [-0.15, -0.1) is 0 Å². The Morgan fingerprint density at radius 2 is 2.11 bits per heavy atom. The van der Waals surface area contributed by atoms with E-state index < -0.39 is 0 Å². The van der Waals surface area contributed by atoms with Crippen LogP contribution in [0, 0.1) is 0 Å². The molecule has 1 aromatic carbocycles. The third-order valence-electron chi connectivity index (χ3n) is 2.43. The number of carbonyl (C=O) groups excluding carboxylic acids is 2. The molecule has 5 nitrogen and oxygen atoms in total. The van der Waals surface area contributed by atoms with Crippen LogP contribution in [0.5, 0.6) is 0 Å². The normalized spacial score (nSPS) is 18.5. The fraction of sp³-hybridized carbons (Fsp3) is 0.333. The van der Waals surface area contributed by atoms with Gasteiger partial charge in [-0.05, 0) is 36.2 Å². The fourth-order valence-electron chi connectivity index (χ4n) is 1.55. The first-order valence-electron chi connectivity index (χ1n) is 5.62. The van der Waals surface area contributed by atoms with Crippen molar-refractivity contribution < 1.29 is 14.3 Å². The first-order chi connectivity index (χ1) is 8.65. The maximum Gasteiger partial charge on any atom is 0.324 e. The van der Waals surface area contributed by atoms with Crippen molar-refractivity contribution in [3.8, 4) is 0 Å². The molecule has 18 heavy (non-hydrogen) atoms. The van der Waals surface area contributed by atoms with E-state index >= 15 is 0 Å². The molecular formula is C12H14N2O3S. The number of hydrogen-bond donors (Lipinski definition) is 2. The molecule has 1 heterocycles. The minimum absolute atomic E-state index is 0.0952. The van der Waals surface area contributed by atoms with E-state index in [0.717, 1.165) is 10.6 Å². The summed E-state index contributed by atoms with van der Waals surface area (Å²) in [5.41, 5.74) is 0.757. The second-order valence-electron chi connectivity index (χ2n) is 3.93. The molecule has 0 aromatic heterocycles. The van der Waals surface area contributed by atoms with Crippen LogP contribution in [0.15, 0.2) is 29.2 Å². The molecule has 2 N–H and O–H groups in total. The van der Waals surface area contributed by atoms with Gasteiger partial charge in [-0.1, -0.05) is 0 Å². The molecule has 6 heteroatoms. The van der Waals surface area contributed by atoms with E-state index in [0.29, 0.717) is 13.0 Å². The van der Waals surface area contributed by atoms with Crippen LogP contribution in [-0.4, -0.2) is 24.5 Å². The van der Waals surface area contributed by atoms with Crippen molar-refractivity contribution >= 4 is 29.5 Å². The predicted octanol–water partition coefficient (Wildman–Crippen LogP) is 1.56. The molecule has 1 unspecified atom stereocenters. The molecule has 1 aliphatic heterocycles. The Hall–Kier alpha value is -1.53. The first-order valence-corrected chi connectivity index (χ1v) is 6.43. The molecule has 1 aliphatic rings. The van der Waals surface area contributed by atoms with Crippen molar-refractivity contribution in [2.24, 2.45) is 0 Å². The van der Waals surface area contributed by atoms with Crippen molar-refractivity contribution in [1.29, 1.82) is 0 Å². The highest BCUT2D eigenvalue weighted by atomic mass is 32.2. The minimum Gasteiger partial charge on any atom is -0.464 e. The van der Waals surface area contributed by atoms with Gasteiger partial charge in [0.1, 0.15) is 6.04 Å². The highest BCUT2D eigenvalue weighted by Gasteiger charge is 2.25. The Kier molecular flexibility index (Phi) is 4.22. The molecule has 1 fully saturated rings. The van der Waals surface area contributed by atoms with Gasteiger partial charge >= 0.3 is 5.97 Å². The summed E-state index contributed by atoms with van der Waals surface area (Å²) in [4.78, 5) is 23.1. The number of amides is 1. The number of nitrogens with one attached hydrogen (secondary N) is 2. The lowest BCUT2D eigenvalue weighted by atomic mass is 10.3. The summed E-state index contributed by atoms with van der Waals surface area (Å²) in [6.07, 6.45) is 0.704. The molecule has 96 valence electrons. The maximum atomic E-state index is 11.2. The number of cyclic esters (lactones) is 1. The van der Waals surface area contributed by atoms with Crippen LogP contribution < -0.4 is 10.0 Å². The number of ether oxygens (including phenoxy) is 1. The van der Waals surface area contributed by atoms with Crippen molar-refractivity contribution in [2.45, 2.75) is 24.3 Å². The molecule has 0 saturated carbocycles. The van der Waals surface area contributed by atoms with Crippen molar-refractivity contribution in [3.63, 3.8) is 0 Å². The Labute approximate surface area is 109 Å². The lowest BCUT2D eigenvalue weighted by molar-refractivity contribution is -0.139. The number of rotatable bonds is 4. The summed E-state index contributed by atoms with van der Waals surface area (Å²) in [6.45, 7) is 1.95. The van der Waals surface area contributed by atoms with Crippen molar-refractivity contribution in [1.82, 2.24) is 4.72 Å². The van der Waals surface area contributed by atoms with Gasteiger partial charge in [0, 0.05) is 23.9 Å². The summed E-state index contributed by atoms with van der Waals surface area (Å²) in [7, 11) is 0. The van der Waals surface area contributed by atoms with Crippen LogP contribution in [0.4, 0.5) is 5.69 Å². The highest BCUT2D eigenvalue weighted by Crippen LogP contribution is 2.20. The van der Waals surface area contributed by atoms with E-state index in [9.17, 15) is 9.59 Å². The molecule has 0 radical (unpaired) electrons. The van der Waals surface area contributed by atoms with Gasteiger partial charge in [-0.3, -0.25) is 9.59 Å². The van der Waals surface area contributed by atoms with Gasteiger partial charge in [-0.25, -0.2) is 4.72 Å². The second-order valence-corrected chi connectivity index (χ2v) is 4.85. The first kappa shape index (κ1) is 12.9. The summed E-state index contributed by atoms with van der Waals surface area (Å²) in [5.74, 6) is -0.292. The van der Waals surface area contributed by atoms with Gasteiger partial charge in [0.15, 0.2) is 0 Å². The van der Waals surface area contributed by atoms with Crippen LogP contribution in [0.2, 0.25) is 0 Å². The van der Waals surface area contributed by atoms with Gasteiger partial charge in [0.05, 0.1) is 6.61 Å². The zero-order chi connectivity index (χ0) is 13.0. The molecule has 0 bridgehead atoms. The molecule has 0 aliphatic carbocycles. The monoisotopic (exact) mass is 266 g/mol. The predicted molar refractivity (Wildman–Crippen MR) is 69.1 cm³/mol. The van der Waals surface area contributed by atoms with E-state index in [4.69, 9.17) is 4.74 Å². The van der Waals surface area contributed by atoms with Crippen molar-refractivity contribution in [3.05, 3.63) is 24.3 Å². The number of esters is 1. The smallest absolute Gasteiger partial charge is 0.324 e. The minimum atomic E-state index is -0.231. The standard InChI is InChI=1S/C12H14N2O3S/c1-8(15)13-9-2-4-10(5-3-9)18-14-11-6-7-17-12(11)16/h2-5,11,14H,6-7H2,1H3,(H,13,15). The van der Waals surface area contributed by atoms with E-state index in [2.05, 4.69) is 10.0 Å². The molecule has 2 rings (SSSR count). The van der Waals surface area contributed by atoms with Gasteiger partial charge < -0.3 is 10.1 Å². The highest BCUT2D eigenvalue weighted by molar-refractivity contribution is 7.97. The van der Waals surface area contributed by atoms with Crippen LogP contribution in [0.25, 0.3) is 0 Å². The third-order valence-corrected chi connectivity index (χ3v) is 3.34. The number of hydrogen-bond acceptors (Lipinski definition) is 5. The largest absolute Gasteiger partial charge is 0.464 e. The summed E-state index contributed by atoms with van der Waals surface area (Å²) >= 11 is 1.39. The van der Waals surface area contributed by atoms with E-state index in [1.165, 1.54) is 18.9 Å². The fourth-order valence-corrected chi connectivity index (χ4v) is 2.32. The van der Waals surface area contributed by atoms with Crippen LogP contribution >= 0.6 is 11.9 Å². The molecule has 1 saturated heterocycles. The molecule has 1 amide bonds. The Morgan fingerprint density at radius 3 is 2.67 bits per heavy atom. The lowest BCUT2D eigenvalue weighted by Gasteiger charge is -2.08. The molecule has 1 aromatic rings. The summed E-state index contributed by atoms with van der Waals surface area (Å²) in [5, 5.41) is 2.69. The Bertz CT molecular complexity index is 447. The number of anilines is 1. The Morgan fingerprint density at radius 1 is 1.39 bits per heavy atom. The van der Waals surface area contributed by atoms with Gasteiger partial charge in [0.2, 0.25) is 5.91 Å².